The van der Waals surface area contributed by atoms with Crippen LogP contribution in [0.4, 0.5) is 0 Å². The third-order valence-corrected chi connectivity index (χ3v) is 5.96. The first-order valence-electron chi connectivity index (χ1n) is 13.3. The molecule has 0 aliphatic carbocycles. The summed E-state index contributed by atoms with van der Waals surface area (Å²) in [4.78, 5) is 25.0. The molecule has 0 fully saturated rings. The maximum absolute atomic E-state index is 12.5. The molecule has 0 N–H and O–H groups in total. The van der Waals surface area contributed by atoms with Crippen molar-refractivity contribution in [3.05, 3.63) is 59.7 Å². The summed E-state index contributed by atoms with van der Waals surface area (Å²) in [6.45, 7) is 9.10. The molecule has 2 rings (SSSR count). The van der Waals surface area contributed by atoms with Gasteiger partial charge in [-0.25, -0.2) is 9.59 Å². The standard InChI is InChI=1S/C30H42O6/c1-5-7-9-11-21-33-27-17-13-25(14-18-27)29(31)35-23(3)24(4)36-30(32)26-15-19-28(20-16-26)34-22-12-10-8-6-2/h13-20,23-24H,5-12,21-22H2,1-4H3. The van der Waals surface area contributed by atoms with E-state index in [0.717, 1.165) is 37.2 Å². The molecule has 2 aromatic carbocycles. The second-order valence-corrected chi connectivity index (χ2v) is 9.09. The Kier molecular flexibility index (Phi) is 13.5. The van der Waals surface area contributed by atoms with Gasteiger partial charge in [0.15, 0.2) is 0 Å². The lowest BCUT2D eigenvalue weighted by molar-refractivity contribution is -0.0239. The highest BCUT2D eigenvalue weighted by Crippen LogP contribution is 2.17. The van der Waals surface area contributed by atoms with Gasteiger partial charge in [0.2, 0.25) is 0 Å². The van der Waals surface area contributed by atoms with E-state index in [9.17, 15) is 9.59 Å². The molecule has 0 saturated carbocycles. The maximum Gasteiger partial charge on any atom is 0.338 e. The zero-order valence-corrected chi connectivity index (χ0v) is 22.3. The van der Waals surface area contributed by atoms with E-state index < -0.39 is 24.1 Å². The van der Waals surface area contributed by atoms with Crippen LogP contribution in [0.5, 0.6) is 11.5 Å². The molecule has 2 aromatic rings. The van der Waals surface area contributed by atoms with Gasteiger partial charge in [0.1, 0.15) is 23.7 Å². The number of carbonyl (C=O) groups is 2. The van der Waals surface area contributed by atoms with E-state index in [1.165, 1.54) is 25.7 Å². The van der Waals surface area contributed by atoms with Gasteiger partial charge in [0.25, 0.3) is 0 Å². The molecule has 2 unspecified atom stereocenters. The molecule has 0 amide bonds. The van der Waals surface area contributed by atoms with Crippen molar-refractivity contribution in [1.29, 1.82) is 0 Å². The van der Waals surface area contributed by atoms with Crippen LogP contribution in [0, 0.1) is 0 Å². The predicted molar refractivity (Wildman–Crippen MR) is 142 cm³/mol. The van der Waals surface area contributed by atoms with Crippen molar-refractivity contribution in [3.8, 4) is 11.5 Å². The molecular formula is C30H42O6. The molecule has 6 heteroatoms. The lowest BCUT2D eigenvalue weighted by atomic mass is 10.2. The lowest BCUT2D eigenvalue weighted by Crippen LogP contribution is -2.30. The summed E-state index contributed by atoms with van der Waals surface area (Å²) >= 11 is 0. The zero-order valence-electron chi connectivity index (χ0n) is 22.3. The highest BCUT2D eigenvalue weighted by molar-refractivity contribution is 5.90. The van der Waals surface area contributed by atoms with Crippen molar-refractivity contribution >= 4 is 11.9 Å². The van der Waals surface area contributed by atoms with Gasteiger partial charge < -0.3 is 18.9 Å². The second-order valence-electron chi connectivity index (χ2n) is 9.09. The minimum absolute atomic E-state index is 0.420. The van der Waals surface area contributed by atoms with Crippen molar-refractivity contribution < 1.29 is 28.5 Å². The zero-order chi connectivity index (χ0) is 26.2. The molecule has 0 radical (unpaired) electrons. The van der Waals surface area contributed by atoms with Gasteiger partial charge in [0, 0.05) is 0 Å². The first kappa shape index (κ1) is 29.2. The van der Waals surface area contributed by atoms with Crippen LogP contribution in [-0.4, -0.2) is 37.4 Å². The minimum atomic E-state index is -0.610. The first-order valence-corrected chi connectivity index (χ1v) is 13.3. The molecule has 0 bridgehead atoms. The molecule has 0 aromatic heterocycles. The molecule has 6 nitrogen and oxygen atoms in total. The van der Waals surface area contributed by atoms with E-state index in [0.29, 0.717) is 24.3 Å². The van der Waals surface area contributed by atoms with Crippen LogP contribution in [0.25, 0.3) is 0 Å². The normalized spacial score (nSPS) is 12.4. The summed E-state index contributed by atoms with van der Waals surface area (Å²) in [5, 5.41) is 0. The number of ether oxygens (including phenoxy) is 4. The van der Waals surface area contributed by atoms with Crippen molar-refractivity contribution in [1.82, 2.24) is 0 Å². The average Bonchev–Trinajstić information content (AvgIpc) is 2.89. The fraction of sp³-hybridized carbons (Fsp3) is 0.533. The molecule has 0 spiro atoms. The van der Waals surface area contributed by atoms with Crippen molar-refractivity contribution in [3.63, 3.8) is 0 Å². The molecule has 198 valence electrons. The number of carbonyl (C=O) groups excluding carboxylic acids is 2. The van der Waals surface area contributed by atoms with Gasteiger partial charge >= 0.3 is 11.9 Å². The van der Waals surface area contributed by atoms with Crippen LogP contribution in [0.1, 0.15) is 99.8 Å². The van der Waals surface area contributed by atoms with Crippen molar-refractivity contribution in [2.24, 2.45) is 0 Å². The molecule has 2 atom stereocenters. The van der Waals surface area contributed by atoms with Gasteiger partial charge in [-0.15, -0.1) is 0 Å². The first-order chi connectivity index (χ1) is 17.4. The van der Waals surface area contributed by atoms with Crippen LogP contribution in [-0.2, 0) is 9.47 Å². The smallest absolute Gasteiger partial charge is 0.338 e. The van der Waals surface area contributed by atoms with Gasteiger partial charge in [0.05, 0.1) is 24.3 Å². The third kappa shape index (κ3) is 10.7. The number of hydrogen-bond donors (Lipinski definition) is 0. The second kappa shape index (κ2) is 16.6. The van der Waals surface area contributed by atoms with Crippen molar-refractivity contribution in [2.75, 3.05) is 13.2 Å². The number of unbranched alkanes of at least 4 members (excludes halogenated alkanes) is 6. The minimum Gasteiger partial charge on any atom is -0.494 e. The summed E-state index contributed by atoms with van der Waals surface area (Å²) in [5.74, 6) is 0.512. The Labute approximate surface area is 216 Å². The molecule has 0 saturated heterocycles. The number of esters is 2. The fourth-order valence-electron chi connectivity index (χ4n) is 3.48. The highest BCUT2D eigenvalue weighted by atomic mass is 16.6. The van der Waals surface area contributed by atoms with Gasteiger partial charge in [-0.05, 0) is 75.2 Å². The Morgan fingerprint density at radius 2 is 0.944 bits per heavy atom. The summed E-state index contributed by atoms with van der Waals surface area (Å²) in [6, 6.07) is 13.8. The Morgan fingerprint density at radius 1 is 0.583 bits per heavy atom. The largest absolute Gasteiger partial charge is 0.494 e. The Balaban J connectivity index is 1.76. The number of hydrogen-bond acceptors (Lipinski definition) is 6. The van der Waals surface area contributed by atoms with E-state index in [4.69, 9.17) is 18.9 Å². The quantitative estimate of drug-likeness (QED) is 0.167. The summed E-state index contributed by atoms with van der Waals surface area (Å²) in [5.41, 5.74) is 0.841. The fourth-order valence-corrected chi connectivity index (χ4v) is 3.48. The third-order valence-electron chi connectivity index (χ3n) is 5.96. The molecule has 0 aliphatic heterocycles. The Hall–Kier alpha value is -3.02. The summed E-state index contributed by atoms with van der Waals surface area (Å²) < 4.78 is 22.5. The Bertz CT molecular complexity index is 815. The maximum atomic E-state index is 12.5. The van der Waals surface area contributed by atoms with Gasteiger partial charge in [-0.3, -0.25) is 0 Å². The van der Waals surface area contributed by atoms with Crippen molar-refractivity contribution in [2.45, 2.75) is 91.3 Å². The van der Waals surface area contributed by atoms with E-state index in [2.05, 4.69) is 13.8 Å². The number of rotatable bonds is 17. The SMILES string of the molecule is CCCCCCOc1ccc(C(=O)OC(C)C(C)OC(=O)c2ccc(OCCCCCC)cc2)cc1. The van der Waals surface area contributed by atoms with Crippen LogP contribution in [0.2, 0.25) is 0 Å². The topological polar surface area (TPSA) is 71.1 Å². The number of benzene rings is 2. The van der Waals surface area contributed by atoms with Crippen LogP contribution in [0.3, 0.4) is 0 Å². The van der Waals surface area contributed by atoms with Crippen LogP contribution >= 0.6 is 0 Å². The van der Waals surface area contributed by atoms with E-state index in [-0.39, 0.29) is 0 Å². The average molecular weight is 499 g/mol. The summed E-state index contributed by atoms with van der Waals surface area (Å²) in [7, 11) is 0. The van der Waals surface area contributed by atoms with E-state index >= 15 is 0 Å². The van der Waals surface area contributed by atoms with Gasteiger partial charge in [-0.2, -0.15) is 0 Å². The van der Waals surface area contributed by atoms with Crippen LogP contribution < -0.4 is 9.47 Å². The predicted octanol–water partition coefficient (Wildman–Crippen LogP) is 7.40. The Morgan fingerprint density at radius 3 is 1.28 bits per heavy atom. The summed E-state index contributed by atoms with van der Waals surface area (Å²) in [6.07, 6.45) is 7.92. The van der Waals surface area contributed by atoms with E-state index in [1.807, 2.05) is 0 Å². The molecule has 0 aliphatic rings. The monoisotopic (exact) mass is 498 g/mol. The lowest BCUT2D eigenvalue weighted by Gasteiger charge is -2.21. The molecule has 0 heterocycles. The van der Waals surface area contributed by atoms with Crippen LogP contribution in [0.15, 0.2) is 48.5 Å². The van der Waals surface area contributed by atoms with Gasteiger partial charge in [-0.1, -0.05) is 52.4 Å². The van der Waals surface area contributed by atoms with E-state index in [1.54, 1.807) is 62.4 Å². The molecule has 36 heavy (non-hydrogen) atoms. The molecular weight excluding hydrogens is 456 g/mol. The highest BCUT2D eigenvalue weighted by Gasteiger charge is 2.22.